The maximum atomic E-state index is 12.2. The molecule has 0 bridgehead atoms. The summed E-state index contributed by atoms with van der Waals surface area (Å²) >= 11 is 1.37. The van der Waals surface area contributed by atoms with Crippen molar-refractivity contribution in [1.82, 2.24) is 0 Å². The van der Waals surface area contributed by atoms with Crippen LogP contribution in [0.15, 0.2) is 72.8 Å². The molecule has 0 aliphatic rings. The second-order valence-electron chi connectivity index (χ2n) is 5.08. The third-order valence-corrected chi connectivity index (χ3v) is 4.59. The number of thiophene rings is 1. The van der Waals surface area contributed by atoms with Crippen LogP contribution in [0.2, 0.25) is 0 Å². The Labute approximate surface area is 142 Å². The number of hydrogen-bond acceptors (Lipinski definition) is 4. The van der Waals surface area contributed by atoms with Gasteiger partial charge >= 0.3 is 0 Å². The molecule has 4 nitrogen and oxygen atoms in total. The molecule has 0 atom stereocenters. The molecule has 0 aliphatic heterocycles. The third kappa shape index (κ3) is 3.64. The number of ketones is 1. The molecule has 3 rings (SSSR count). The summed E-state index contributed by atoms with van der Waals surface area (Å²) in [6.45, 7) is 0. The fraction of sp³-hybridized carbons (Fsp3) is 0. The average Bonchev–Trinajstić information content (AvgIpc) is 3.11. The van der Waals surface area contributed by atoms with E-state index in [0.717, 1.165) is 16.0 Å². The first-order chi connectivity index (χ1) is 11.6. The van der Waals surface area contributed by atoms with E-state index in [4.69, 9.17) is 0 Å². The molecule has 3 aromatic rings. The van der Waals surface area contributed by atoms with Gasteiger partial charge in [0.05, 0.1) is 9.80 Å². The maximum Gasteiger partial charge on any atom is 0.269 e. The van der Waals surface area contributed by atoms with Gasteiger partial charge in [-0.15, -0.1) is 11.3 Å². The van der Waals surface area contributed by atoms with E-state index < -0.39 is 4.92 Å². The smallest absolute Gasteiger partial charge is 0.269 e. The van der Waals surface area contributed by atoms with Gasteiger partial charge in [-0.3, -0.25) is 14.9 Å². The highest BCUT2D eigenvalue weighted by atomic mass is 32.1. The van der Waals surface area contributed by atoms with E-state index in [1.807, 2.05) is 36.4 Å². The fourth-order valence-corrected chi connectivity index (χ4v) is 3.12. The molecule has 24 heavy (non-hydrogen) atoms. The summed E-state index contributed by atoms with van der Waals surface area (Å²) < 4.78 is 0. The number of non-ortho nitro benzene ring substituents is 1. The lowest BCUT2D eigenvalue weighted by atomic mass is 10.1. The number of nitro groups is 1. The highest BCUT2D eigenvalue weighted by Gasteiger charge is 2.10. The van der Waals surface area contributed by atoms with Crippen LogP contribution >= 0.6 is 11.3 Å². The van der Waals surface area contributed by atoms with Gasteiger partial charge in [0, 0.05) is 17.0 Å². The van der Waals surface area contributed by atoms with Gasteiger partial charge in [-0.1, -0.05) is 36.4 Å². The van der Waals surface area contributed by atoms with Crippen LogP contribution < -0.4 is 0 Å². The molecule has 1 heterocycles. The van der Waals surface area contributed by atoms with E-state index in [2.05, 4.69) is 0 Å². The summed E-state index contributed by atoms with van der Waals surface area (Å²) in [5.74, 6) is -0.0583. The van der Waals surface area contributed by atoms with Gasteiger partial charge in [0.1, 0.15) is 0 Å². The average molecular weight is 335 g/mol. The van der Waals surface area contributed by atoms with Crippen molar-refractivity contribution in [1.29, 1.82) is 0 Å². The lowest BCUT2D eigenvalue weighted by Crippen LogP contribution is -1.88. The number of carbonyl (C=O) groups excluding carboxylic acids is 1. The minimum atomic E-state index is -0.429. The number of carbonyl (C=O) groups is 1. The van der Waals surface area contributed by atoms with E-state index in [9.17, 15) is 14.9 Å². The van der Waals surface area contributed by atoms with E-state index in [1.54, 1.807) is 30.4 Å². The summed E-state index contributed by atoms with van der Waals surface area (Å²) in [6, 6.07) is 19.6. The zero-order valence-electron chi connectivity index (χ0n) is 12.6. The monoisotopic (exact) mass is 335 g/mol. The fourth-order valence-electron chi connectivity index (χ4n) is 2.19. The second kappa shape index (κ2) is 7.02. The molecule has 0 amide bonds. The van der Waals surface area contributed by atoms with Crippen molar-refractivity contribution in [3.63, 3.8) is 0 Å². The Hall–Kier alpha value is -3.05. The predicted octanol–water partition coefficient (Wildman–Crippen LogP) is 5.22. The number of rotatable bonds is 5. The summed E-state index contributed by atoms with van der Waals surface area (Å²) in [4.78, 5) is 24.0. The topological polar surface area (TPSA) is 60.2 Å². The quantitative estimate of drug-likeness (QED) is 0.278. The van der Waals surface area contributed by atoms with E-state index >= 15 is 0 Å². The Balaban J connectivity index is 1.76. The molecule has 0 saturated carbocycles. The lowest BCUT2D eigenvalue weighted by Gasteiger charge is -1.96. The Morgan fingerprint density at radius 3 is 2.33 bits per heavy atom. The van der Waals surface area contributed by atoms with Crippen LogP contribution in [-0.4, -0.2) is 10.7 Å². The molecule has 0 radical (unpaired) electrons. The van der Waals surface area contributed by atoms with Crippen molar-refractivity contribution in [3.05, 3.63) is 93.4 Å². The van der Waals surface area contributed by atoms with Crippen molar-refractivity contribution < 1.29 is 9.72 Å². The zero-order valence-corrected chi connectivity index (χ0v) is 13.4. The highest BCUT2D eigenvalue weighted by molar-refractivity contribution is 7.17. The lowest BCUT2D eigenvalue weighted by molar-refractivity contribution is -0.384. The summed E-state index contributed by atoms with van der Waals surface area (Å²) in [6.07, 6.45) is 3.34. The van der Waals surface area contributed by atoms with Crippen molar-refractivity contribution >= 4 is 28.9 Å². The Morgan fingerprint density at radius 1 is 0.958 bits per heavy atom. The van der Waals surface area contributed by atoms with Crippen LogP contribution in [0.3, 0.4) is 0 Å². The molecule has 118 valence electrons. The number of nitrogens with zero attached hydrogens (tertiary/aromatic N) is 1. The summed E-state index contributed by atoms with van der Waals surface area (Å²) in [5.41, 5.74) is 1.88. The Kier molecular flexibility index (Phi) is 4.63. The number of hydrogen-bond donors (Lipinski definition) is 0. The number of allylic oxidation sites excluding steroid dienone is 1. The normalized spacial score (nSPS) is 10.8. The SMILES string of the molecule is O=C(C=Cc1ccccc1)c1ccc(-c2ccc([N+](=O)[O-])cc2)s1. The first-order valence-corrected chi connectivity index (χ1v) is 8.07. The first kappa shape index (κ1) is 15.8. The Morgan fingerprint density at radius 2 is 1.67 bits per heavy atom. The van der Waals surface area contributed by atoms with Gasteiger partial charge in [0.2, 0.25) is 0 Å². The highest BCUT2D eigenvalue weighted by Crippen LogP contribution is 2.29. The largest absolute Gasteiger partial charge is 0.288 e. The van der Waals surface area contributed by atoms with Gasteiger partial charge in [0.15, 0.2) is 5.78 Å². The second-order valence-corrected chi connectivity index (χ2v) is 6.16. The van der Waals surface area contributed by atoms with Gasteiger partial charge in [-0.05, 0) is 41.5 Å². The zero-order chi connectivity index (χ0) is 16.9. The summed E-state index contributed by atoms with van der Waals surface area (Å²) in [5, 5.41) is 10.7. The molecular formula is C19H13NO3S. The van der Waals surface area contributed by atoms with E-state index in [-0.39, 0.29) is 11.5 Å². The van der Waals surface area contributed by atoms with E-state index in [1.165, 1.54) is 23.5 Å². The summed E-state index contributed by atoms with van der Waals surface area (Å²) in [7, 11) is 0. The van der Waals surface area contributed by atoms with Crippen LogP contribution in [0.5, 0.6) is 0 Å². The van der Waals surface area contributed by atoms with Crippen molar-refractivity contribution in [2.45, 2.75) is 0 Å². The molecule has 0 saturated heterocycles. The van der Waals surface area contributed by atoms with Crippen LogP contribution in [0, 0.1) is 10.1 Å². The van der Waals surface area contributed by atoms with Crippen LogP contribution in [0.25, 0.3) is 16.5 Å². The van der Waals surface area contributed by atoms with Crippen LogP contribution in [-0.2, 0) is 0 Å². The molecule has 0 fully saturated rings. The van der Waals surface area contributed by atoms with Gasteiger partial charge in [-0.2, -0.15) is 0 Å². The maximum absolute atomic E-state index is 12.2. The molecule has 0 unspecified atom stereocenters. The standard InChI is InChI=1S/C19H13NO3S/c21-17(11-6-14-4-2-1-3-5-14)19-13-12-18(24-19)15-7-9-16(10-8-15)20(22)23/h1-13H. The number of benzene rings is 2. The molecule has 1 aromatic heterocycles. The van der Waals surface area contributed by atoms with Crippen molar-refractivity contribution in [2.24, 2.45) is 0 Å². The number of nitro benzene ring substituents is 1. The minimum Gasteiger partial charge on any atom is -0.288 e. The Bertz CT molecular complexity index is 896. The third-order valence-electron chi connectivity index (χ3n) is 3.44. The molecular weight excluding hydrogens is 322 g/mol. The molecule has 0 aliphatic carbocycles. The van der Waals surface area contributed by atoms with Crippen LogP contribution in [0.1, 0.15) is 15.2 Å². The van der Waals surface area contributed by atoms with E-state index in [0.29, 0.717) is 4.88 Å². The van der Waals surface area contributed by atoms with Crippen molar-refractivity contribution in [2.75, 3.05) is 0 Å². The molecule has 0 spiro atoms. The first-order valence-electron chi connectivity index (χ1n) is 7.25. The van der Waals surface area contributed by atoms with Crippen molar-refractivity contribution in [3.8, 4) is 10.4 Å². The molecule has 2 aromatic carbocycles. The van der Waals surface area contributed by atoms with Gasteiger partial charge in [-0.25, -0.2) is 0 Å². The predicted molar refractivity (Wildman–Crippen MR) is 96.2 cm³/mol. The molecule has 5 heteroatoms. The minimum absolute atomic E-state index is 0.0531. The molecule has 0 N–H and O–H groups in total. The van der Waals surface area contributed by atoms with Crippen LogP contribution in [0.4, 0.5) is 5.69 Å². The van der Waals surface area contributed by atoms with Gasteiger partial charge in [0.25, 0.3) is 5.69 Å². The van der Waals surface area contributed by atoms with Gasteiger partial charge < -0.3 is 0 Å².